The Morgan fingerprint density at radius 2 is 2.00 bits per heavy atom. The highest BCUT2D eigenvalue weighted by Crippen LogP contribution is 2.26. The summed E-state index contributed by atoms with van der Waals surface area (Å²) in [6, 6.07) is 7.23. The fraction of sp³-hybridized carbons (Fsp3) is 0.435. The number of benzene rings is 1. The fourth-order valence-electron chi connectivity index (χ4n) is 3.18. The molecule has 1 N–H and O–H groups in total. The van der Waals surface area contributed by atoms with Gasteiger partial charge in [-0.1, -0.05) is 31.8 Å². The van der Waals surface area contributed by atoms with Crippen molar-refractivity contribution in [1.29, 1.82) is 0 Å². The van der Waals surface area contributed by atoms with Crippen molar-refractivity contribution in [2.24, 2.45) is 0 Å². The van der Waals surface area contributed by atoms with Gasteiger partial charge in [0.25, 0.3) is 11.6 Å². The third kappa shape index (κ3) is 6.45. The van der Waals surface area contributed by atoms with Gasteiger partial charge in [0.05, 0.1) is 22.4 Å². The molecule has 0 fully saturated rings. The smallest absolute Gasteiger partial charge is 0.270 e. The standard InChI is InChI=1S/C23H31N5O4Si/c1-23(2,3)26-22(29)18-14-27(15-32-10-11-33(4,5)6)21-20(18)25-19(13-24-21)16-8-7-9-17(12-16)28(30)31/h7-9,12-14H,10-11,15H2,1-6H3,(H,26,29). The second-order valence-corrected chi connectivity index (χ2v) is 15.9. The lowest BCUT2D eigenvalue weighted by Gasteiger charge is -2.20. The third-order valence-electron chi connectivity index (χ3n) is 4.88. The van der Waals surface area contributed by atoms with Crippen LogP contribution in [0.4, 0.5) is 5.69 Å². The molecule has 0 aliphatic carbocycles. The van der Waals surface area contributed by atoms with Gasteiger partial charge in [-0.25, -0.2) is 9.97 Å². The molecule has 0 saturated carbocycles. The molecular weight excluding hydrogens is 438 g/mol. The molecule has 0 aliphatic heterocycles. The predicted octanol–water partition coefficient (Wildman–Crippen LogP) is 4.85. The molecule has 2 aromatic heterocycles. The molecule has 2 heterocycles. The molecule has 0 unspecified atom stereocenters. The molecule has 9 nitrogen and oxygen atoms in total. The Hall–Kier alpha value is -3.11. The number of nitro groups is 1. The number of nitrogens with one attached hydrogen (secondary N) is 1. The lowest BCUT2D eigenvalue weighted by Crippen LogP contribution is -2.40. The zero-order valence-electron chi connectivity index (χ0n) is 20.0. The number of amides is 1. The minimum Gasteiger partial charge on any atom is -0.361 e. The van der Waals surface area contributed by atoms with Crippen LogP contribution < -0.4 is 5.32 Å². The van der Waals surface area contributed by atoms with Crippen LogP contribution in [0.3, 0.4) is 0 Å². The van der Waals surface area contributed by atoms with Gasteiger partial charge in [0.1, 0.15) is 12.2 Å². The minimum absolute atomic E-state index is 0.0338. The first-order valence-electron chi connectivity index (χ1n) is 10.8. The van der Waals surface area contributed by atoms with Crippen LogP contribution in [0.2, 0.25) is 25.7 Å². The molecule has 3 rings (SSSR count). The van der Waals surface area contributed by atoms with E-state index in [1.807, 2.05) is 20.8 Å². The molecule has 0 radical (unpaired) electrons. The maximum absolute atomic E-state index is 13.0. The Labute approximate surface area is 194 Å². The molecule has 0 spiro atoms. The third-order valence-corrected chi connectivity index (χ3v) is 6.58. The van der Waals surface area contributed by atoms with Gasteiger partial charge in [-0.2, -0.15) is 0 Å². The molecule has 0 aliphatic rings. The maximum atomic E-state index is 13.0. The fourth-order valence-corrected chi connectivity index (χ4v) is 3.94. The van der Waals surface area contributed by atoms with Crippen molar-refractivity contribution in [3.63, 3.8) is 0 Å². The lowest BCUT2D eigenvalue weighted by molar-refractivity contribution is -0.384. The molecule has 1 amide bonds. The van der Waals surface area contributed by atoms with Gasteiger partial charge in [-0.3, -0.25) is 14.9 Å². The van der Waals surface area contributed by atoms with Crippen LogP contribution in [-0.2, 0) is 11.5 Å². The molecule has 0 atom stereocenters. The molecule has 33 heavy (non-hydrogen) atoms. The van der Waals surface area contributed by atoms with Crippen LogP contribution >= 0.6 is 0 Å². The number of nitrogens with zero attached hydrogens (tertiary/aromatic N) is 4. The Morgan fingerprint density at radius 3 is 2.64 bits per heavy atom. The Kier molecular flexibility index (Phi) is 6.99. The molecule has 0 saturated heterocycles. The quantitative estimate of drug-likeness (QED) is 0.218. The SMILES string of the molecule is CC(C)(C)NC(=O)c1cn(COCC[Si](C)(C)C)c2ncc(-c3cccc([N+](=O)[O-])c3)nc12. The molecule has 0 bridgehead atoms. The van der Waals surface area contributed by atoms with Gasteiger partial charge in [0, 0.05) is 44.1 Å². The van der Waals surface area contributed by atoms with Gasteiger partial charge in [-0.05, 0) is 26.8 Å². The number of nitro benzene ring substituents is 1. The van der Waals surface area contributed by atoms with Gasteiger partial charge < -0.3 is 14.6 Å². The summed E-state index contributed by atoms with van der Waals surface area (Å²) in [6.45, 7) is 13.5. The Bertz CT molecular complexity index is 1180. The van der Waals surface area contributed by atoms with Crippen LogP contribution in [0.1, 0.15) is 31.1 Å². The van der Waals surface area contributed by atoms with Crippen molar-refractivity contribution >= 4 is 30.8 Å². The summed E-state index contributed by atoms with van der Waals surface area (Å²) < 4.78 is 7.66. The van der Waals surface area contributed by atoms with Gasteiger partial charge in [0.2, 0.25) is 0 Å². The van der Waals surface area contributed by atoms with E-state index >= 15 is 0 Å². The van der Waals surface area contributed by atoms with Crippen molar-refractivity contribution in [2.45, 2.75) is 58.7 Å². The highest BCUT2D eigenvalue weighted by atomic mass is 28.3. The number of hydrogen-bond acceptors (Lipinski definition) is 6. The topological polar surface area (TPSA) is 112 Å². The van der Waals surface area contributed by atoms with Gasteiger partial charge in [0.15, 0.2) is 5.65 Å². The molecular formula is C23H31N5O4Si. The number of non-ortho nitro benzene ring substituents is 1. The molecule has 176 valence electrons. The summed E-state index contributed by atoms with van der Waals surface area (Å²) in [7, 11) is -1.22. The van der Waals surface area contributed by atoms with Crippen LogP contribution in [0.15, 0.2) is 36.7 Å². The van der Waals surface area contributed by atoms with E-state index in [1.54, 1.807) is 29.1 Å². The maximum Gasteiger partial charge on any atom is 0.270 e. The zero-order chi connectivity index (χ0) is 24.4. The first-order valence-corrected chi connectivity index (χ1v) is 14.6. The summed E-state index contributed by atoms with van der Waals surface area (Å²) in [4.78, 5) is 32.9. The molecule has 3 aromatic rings. The summed E-state index contributed by atoms with van der Waals surface area (Å²) in [6.07, 6.45) is 3.27. The Balaban J connectivity index is 2.00. The van der Waals surface area contributed by atoms with Crippen LogP contribution in [0.25, 0.3) is 22.4 Å². The van der Waals surface area contributed by atoms with E-state index in [0.29, 0.717) is 34.6 Å². The van der Waals surface area contributed by atoms with E-state index in [9.17, 15) is 14.9 Å². The van der Waals surface area contributed by atoms with Crippen LogP contribution in [0.5, 0.6) is 0 Å². The average Bonchev–Trinajstić information content (AvgIpc) is 3.07. The second-order valence-electron chi connectivity index (χ2n) is 10.3. The van der Waals surface area contributed by atoms with Gasteiger partial charge in [-0.15, -0.1) is 0 Å². The first kappa shape index (κ1) is 24.5. The van der Waals surface area contributed by atoms with Gasteiger partial charge >= 0.3 is 0 Å². The predicted molar refractivity (Wildman–Crippen MR) is 131 cm³/mol. The van der Waals surface area contributed by atoms with Crippen molar-refractivity contribution < 1.29 is 14.5 Å². The van der Waals surface area contributed by atoms with E-state index in [4.69, 9.17) is 4.74 Å². The number of rotatable bonds is 8. The molecule has 1 aromatic carbocycles. The number of aromatic nitrogens is 3. The van der Waals surface area contributed by atoms with Crippen molar-refractivity contribution in [3.8, 4) is 11.3 Å². The van der Waals surface area contributed by atoms with Crippen LogP contribution in [-0.4, -0.2) is 45.6 Å². The largest absolute Gasteiger partial charge is 0.361 e. The summed E-state index contributed by atoms with van der Waals surface area (Å²) in [5.41, 5.74) is 1.88. The number of carbonyl (C=O) groups is 1. The highest BCUT2D eigenvalue weighted by Gasteiger charge is 2.23. The molecule has 10 heteroatoms. The number of carbonyl (C=O) groups excluding carboxylic acids is 1. The van der Waals surface area contributed by atoms with E-state index in [0.717, 1.165) is 6.04 Å². The van der Waals surface area contributed by atoms with Crippen molar-refractivity contribution in [2.75, 3.05) is 6.61 Å². The van der Waals surface area contributed by atoms with E-state index < -0.39 is 18.5 Å². The number of ether oxygens (including phenoxy) is 1. The van der Waals surface area contributed by atoms with Crippen LogP contribution in [0, 0.1) is 10.1 Å². The monoisotopic (exact) mass is 469 g/mol. The summed E-state index contributed by atoms with van der Waals surface area (Å²) >= 11 is 0. The minimum atomic E-state index is -1.22. The summed E-state index contributed by atoms with van der Waals surface area (Å²) in [5.74, 6) is -0.265. The lowest BCUT2D eigenvalue weighted by atomic mass is 10.1. The van der Waals surface area contributed by atoms with E-state index in [-0.39, 0.29) is 18.3 Å². The van der Waals surface area contributed by atoms with Crippen molar-refractivity contribution in [3.05, 3.63) is 52.3 Å². The number of fused-ring (bicyclic) bond motifs is 1. The Morgan fingerprint density at radius 1 is 1.27 bits per heavy atom. The number of hydrogen-bond donors (Lipinski definition) is 1. The van der Waals surface area contributed by atoms with E-state index in [1.165, 1.54) is 12.1 Å². The highest BCUT2D eigenvalue weighted by molar-refractivity contribution is 6.76. The zero-order valence-corrected chi connectivity index (χ0v) is 21.0. The average molecular weight is 470 g/mol. The first-order chi connectivity index (χ1) is 15.3. The summed E-state index contributed by atoms with van der Waals surface area (Å²) in [5, 5.41) is 14.1. The second kappa shape index (κ2) is 9.40. The van der Waals surface area contributed by atoms with Crippen molar-refractivity contribution in [1.82, 2.24) is 19.9 Å². The van der Waals surface area contributed by atoms with E-state index in [2.05, 4.69) is 34.9 Å². The normalized spacial score (nSPS) is 12.2.